The average molecular weight is 385 g/mol. The highest BCUT2D eigenvalue weighted by Gasteiger charge is 2.21. The first-order valence-electron chi connectivity index (χ1n) is 9.21. The number of piperidine rings is 1. The minimum Gasteiger partial charge on any atom is -0.469 e. The lowest BCUT2D eigenvalue weighted by Crippen LogP contribution is -2.35. The highest BCUT2D eigenvalue weighted by atomic mass is 35.5. The van der Waals surface area contributed by atoms with Gasteiger partial charge in [-0.3, -0.25) is 4.98 Å². The standard InChI is InChI=1S/C21H24N4O.ClH/c1-14-5-4-9-25(13-14)21-23-12-19(17-6-8-22-15(2)11-17)20(24-21)18-7-10-26-16(18)3;/h6-8,10-12,14H,4-5,9,13H2,1-3H3;1H. The van der Waals surface area contributed by atoms with Crippen molar-refractivity contribution in [2.45, 2.75) is 33.6 Å². The SMILES string of the molecule is Cc1cc(-c2cnc(N3CCCC(C)C3)nc2-c2ccoc2C)ccn1.Cl. The molecule has 1 saturated heterocycles. The van der Waals surface area contributed by atoms with Gasteiger partial charge in [0.05, 0.1) is 12.0 Å². The van der Waals surface area contributed by atoms with Gasteiger partial charge in [0.2, 0.25) is 5.95 Å². The number of hydrogen-bond acceptors (Lipinski definition) is 5. The summed E-state index contributed by atoms with van der Waals surface area (Å²) < 4.78 is 5.55. The number of anilines is 1. The van der Waals surface area contributed by atoms with Crippen LogP contribution in [0.4, 0.5) is 5.95 Å². The molecule has 27 heavy (non-hydrogen) atoms. The van der Waals surface area contributed by atoms with Gasteiger partial charge in [-0.2, -0.15) is 0 Å². The Morgan fingerprint density at radius 3 is 2.70 bits per heavy atom. The lowest BCUT2D eigenvalue weighted by Gasteiger charge is -2.31. The first-order chi connectivity index (χ1) is 12.6. The maximum absolute atomic E-state index is 5.55. The molecule has 0 radical (unpaired) electrons. The fourth-order valence-corrected chi connectivity index (χ4v) is 3.66. The average Bonchev–Trinajstić information content (AvgIpc) is 3.07. The molecule has 0 aromatic carbocycles. The van der Waals surface area contributed by atoms with Gasteiger partial charge >= 0.3 is 0 Å². The van der Waals surface area contributed by atoms with Crippen LogP contribution in [-0.2, 0) is 0 Å². The fourth-order valence-electron chi connectivity index (χ4n) is 3.66. The third-order valence-electron chi connectivity index (χ3n) is 5.04. The van der Waals surface area contributed by atoms with Crippen molar-refractivity contribution < 1.29 is 4.42 Å². The fraction of sp³-hybridized carbons (Fsp3) is 0.381. The zero-order chi connectivity index (χ0) is 18.1. The van der Waals surface area contributed by atoms with Crippen molar-refractivity contribution in [2.24, 2.45) is 5.92 Å². The normalized spacial score (nSPS) is 16.9. The van der Waals surface area contributed by atoms with Crippen LogP contribution in [-0.4, -0.2) is 28.0 Å². The molecule has 4 rings (SSSR count). The monoisotopic (exact) mass is 384 g/mol. The molecule has 1 atom stereocenters. The van der Waals surface area contributed by atoms with Crippen LogP contribution >= 0.6 is 12.4 Å². The Labute approximate surface area is 166 Å². The van der Waals surface area contributed by atoms with Crippen LogP contribution < -0.4 is 4.90 Å². The zero-order valence-electron chi connectivity index (χ0n) is 16.0. The van der Waals surface area contributed by atoms with Gasteiger partial charge in [0.15, 0.2) is 0 Å². The second kappa shape index (κ2) is 8.09. The van der Waals surface area contributed by atoms with Crippen LogP contribution in [0.25, 0.3) is 22.4 Å². The largest absolute Gasteiger partial charge is 0.469 e. The zero-order valence-corrected chi connectivity index (χ0v) is 16.8. The van der Waals surface area contributed by atoms with Gasteiger partial charge in [-0.1, -0.05) is 6.92 Å². The van der Waals surface area contributed by atoms with Crippen LogP contribution in [0.5, 0.6) is 0 Å². The summed E-state index contributed by atoms with van der Waals surface area (Å²) in [6, 6.07) is 6.06. The quantitative estimate of drug-likeness (QED) is 0.630. The van der Waals surface area contributed by atoms with Crippen LogP contribution in [0.3, 0.4) is 0 Å². The number of aromatic nitrogens is 3. The summed E-state index contributed by atoms with van der Waals surface area (Å²) >= 11 is 0. The maximum Gasteiger partial charge on any atom is 0.225 e. The van der Waals surface area contributed by atoms with Crippen molar-refractivity contribution in [1.29, 1.82) is 0 Å². The van der Waals surface area contributed by atoms with Gasteiger partial charge in [0, 0.05) is 42.3 Å². The van der Waals surface area contributed by atoms with E-state index in [4.69, 9.17) is 14.4 Å². The highest BCUT2D eigenvalue weighted by Crippen LogP contribution is 2.34. The second-order valence-corrected chi connectivity index (χ2v) is 7.20. The summed E-state index contributed by atoms with van der Waals surface area (Å²) in [6.07, 6.45) is 7.96. The number of rotatable bonds is 3. The van der Waals surface area contributed by atoms with E-state index >= 15 is 0 Å². The third kappa shape index (κ3) is 3.98. The third-order valence-corrected chi connectivity index (χ3v) is 5.04. The van der Waals surface area contributed by atoms with E-state index in [-0.39, 0.29) is 12.4 Å². The molecule has 1 aliphatic heterocycles. The molecule has 1 fully saturated rings. The van der Waals surface area contributed by atoms with Crippen molar-refractivity contribution in [1.82, 2.24) is 15.0 Å². The maximum atomic E-state index is 5.55. The molecule has 3 aromatic heterocycles. The van der Waals surface area contributed by atoms with Crippen molar-refractivity contribution in [3.8, 4) is 22.4 Å². The van der Waals surface area contributed by atoms with Gasteiger partial charge < -0.3 is 9.32 Å². The van der Waals surface area contributed by atoms with E-state index in [0.717, 1.165) is 52.9 Å². The van der Waals surface area contributed by atoms with E-state index in [2.05, 4.69) is 22.9 Å². The van der Waals surface area contributed by atoms with E-state index in [9.17, 15) is 0 Å². The molecule has 0 saturated carbocycles. The minimum absolute atomic E-state index is 0. The second-order valence-electron chi connectivity index (χ2n) is 7.20. The lowest BCUT2D eigenvalue weighted by molar-refractivity contribution is 0.442. The number of furan rings is 1. The Morgan fingerprint density at radius 2 is 2.00 bits per heavy atom. The smallest absolute Gasteiger partial charge is 0.225 e. The summed E-state index contributed by atoms with van der Waals surface area (Å²) in [7, 11) is 0. The minimum atomic E-state index is 0. The van der Waals surface area contributed by atoms with Gasteiger partial charge in [-0.05, 0) is 56.4 Å². The predicted octanol–water partition coefficient (Wildman–Crippen LogP) is 5.07. The molecule has 0 aliphatic carbocycles. The summed E-state index contributed by atoms with van der Waals surface area (Å²) in [5, 5.41) is 0. The predicted molar refractivity (Wildman–Crippen MR) is 110 cm³/mol. The number of halogens is 1. The van der Waals surface area contributed by atoms with E-state index in [1.54, 1.807) is 6.26 Å². The molecule has 0 amide bonds. The van der Waals surface area contributed by atoms with Gasteiger partial charge in [0.25, 0.3) is 0 Å². The van der Waals surface area contributed by atoms with Crippen molar-refractivity contribution in [3.63, 3.8) is 0 Å². The van der Waals surface area contributed by atoms with Crippen molar-refractivity contribution in [2.75, 3.05) is 18.0 Å². The van der Waals surface area contributed by atoms with Gasteiger partial charge in [-0.15, -0.1) is 12.4 Å². The molecule has 3 aromatic rings. The molecule has 1 aliphatic rings. The van der Waals surface area contributed by atoms with Crippen LogP contribution in [0.1, 0.15) is 31.2 Å². The van der Waals surface area contributed by atoms with E-state index < -0.39 is 0 Å². The summed E-state index contributed by atoms with van der Waals surface area (Å²) in [5.74, 6) is 2.35. The Morgan fingerprint density at radius 1 is 1.15 bits per heavy atom. The van der Waals surface area contributed by atoms with Crippen LogP contribution in [0, 0.1) is 19.8 Å². The van der Waals surface area contributed by atoms with E-state index in [1.165, 1.54) is 12.8 Å². The topological polar surface area (TPSA) is 55.1 Å². The first kappa shape index (κ1) is 19.4. The molecular formula is C21H25ClN4O. The first-order valence-corrected chi connectivity index (χ1v) is 9.21. The van der Waals surface area contributed by atoms with Crippen molar-refractivity contribution in [3.05, 3.63) is 48.3 Å². The number of aryl methyl sites for hydroxylation is 2. The molecule has 0 N–H and O–H groups in total. The molecule has 0 bridgehead atoms. The summed E-state index contributed by atoms with van der Waals surface area (Å²) in [6.45, 7) is 8.29. The lowest BCUT2D eigenvalue weighted by atomic mass is 10.00. The molecule has 0 spiro atoms. The molecule has 5 nitrogen and oxygen atoms in total. The number of hydrogen-bond donors (Lipinski definition) is 0. The Balaban J connectivity index is 0.00000210. The van der Waals surface area contributed by atoms with E-state index in [0.29, 0.717) is 5.92 Å². The van der Waals surface area contributed by atoms with Gasteiger partial charge in [0.1, 0.15) is 5.76 Å². The summed E-state index contributed by atoms with van der Waals surface area (Å²) in [5.41, 5.74) is 5.00. The highest BCUT2D eigenvalue weighted by molar-refractivity contribution is 5.85. The van der Waals surface area contributed by atoms with Crippen LogP contribution in [0.15, 0.2) is 41.3 Å². The van der Waals surface area contributed by atoms with Crippen LogP contribution in [0.2, 0.25) is 0 Å². The summed E-state index contributed by atoms with van der Waals surface area (Å²) in [4.78, 5) is 16.3. The molecule has 4 heterocycles. The number of nitrogens with zero attached hydrogens (tertiary/aromatic N) is 4. The molecule has 142 valence electrons. The molecular weight excluding hydrogens is 360 g/mol. The van der Waals surface area contributed by atoms with Gasteiger partial charge in [-0.25, -0.2) is 9.97 Å². The molecule has 1 unspecified atom stereocenters. The molecule has 6 heteroatoms. The Kier molecular flexibility index (Phi) is 5.80. The Hall–Kier alpha value is -2.40. The number of pyridine rings is 1. The van der Waals surface area contributed by atoms with E-state index in [1.807, 2.05) is 38.4 Å². The van der Waals surface area contributed by atoms with Crippen molar-refractivity contribution >= 4 is 18.4 Å². The Bertz CT molecular complexity index is 924.